The van der Waals surface area contributed by atoms with Gasteiger partial charge in [0.25, 0.3) is 0 Å². The maximum absolute atomic E-state index is 13.4. The summed E-state index contributed by atoms with van der Waals surface area (Å²) in [5.74, 6) is 0.249. The molecule has 2 N–H and O–H groups in total. The lowest BCUT2D eigenvalue weighted by atomic mass is 9.88. The normalized spacial score (nSPS) is 14.9. The monoisotopic (exact) mass is 392 g/mol. The Labute approximate surface area is 162 Å². The van der Waals surface area contributed by atoms with Crippen molar-refractivity contribution in [1.82, 2.24) is 4.90 Å². The standard InChI is InChI=1S/C21H23F3N2O2/c1-26(2)11-16(25)9-14-12-27-19-8-7-17(28-21(23)24)10-18(19)20(14)13-3-5-15(22)6-4-13/h3-8,10,16,21H,9,11-12,25H2,1-2H3. The number of nitrogens with zero attached hydrogens (tertiary/aromatic N) is 1. The molecule has 0 radical (unpaired) electrons. The van der Waals surface area contributed by atoms with E-state index in [1.54, 1.807) is 18.2 Å². The number of halogens is 3. The van der Waals surface area contributed by atoms with Gasteiger partial charge in [-0.3, -0.25) is 0 Å². The topological polar surface area (TPSA) is 47.7 Å². The number of benzene rings is 2. The molecule has 28 heavy (non-hydrogen) atoms. The van der Waals surface area contributed by atoms with Crippen LogP contribution in [0.25, 0.3) is 5.57 Å². The fourth-order valence-corrected chi connectivity index (χ4v) is 3.42. The minimum atomic E-state index is -2.92. The third kappa shape index (κ3) is 4.85. The zero-order chi connectivity index (χ0) is 20.3. The molecule has 0 fully saturated rings. The highest BCUT2D eigenvalue weighted by Crippen LogP contribution is 2.40. The molecule has 0 bridgehead atoms. The molecule has 1 aliphatic rings. The zero-order valence-corrected chi connectivity index (χ0v) is 15.8. The van der Waals surface area contributed by atoms with Gasteiger partial charge in [-0.1, -0.05) is 12.1 Å². The first-order chi connectivity index (χ1) is 13.3. The number of hydrogen-bond donors (Lipinski definition) is 1. The lowest BCUT2D eigenvalue weighted by molar-refractivity contribution is -0.0498. The van der Waals surface area contributed by atoms with E-state index in [9.17, 15) is 13.2 Å². The van der Waals surface area contributed by atoms with Crippen LogP contribution in [0.4, 0.5) is 13.2 Å². The van der Waals surface area contributed by atoms with Crippen LogP contribution in [0, 0.1) is 5.82 Å². The smallest absolute Gasteiger partial charge is 0.387 e. The average Bonchev–Trinajstić information content (AvgIpc) is 2.61. The van der Waals surface area contributed by atoms with Crippen LogP contribution in [0.3, 0.4) is 0 Å². The van der Waals surface area contributed by atoms with Crippen molar-refractivity contribution in [3.63, 3.8) is 0 Å². The molecule has 0 aliphatic carbocycles. The van der Waals surface area contributed by atoms with Gasteiger partial charge >= 0.3 is 6.61 Å². The Kier molecular flexibility index (Phi) is 6.26. The van der Waals surface area contributed by atoms with E-state index in [-0.39, 0.29) is 17.6 Å². The van der Waals surface area contributed by atoms with Crippen LogP contribution in [0.15, 0.2) is 48.0 Å². The van der Waals surface area contributed by atoms with E-state index in [1.165, 1.54) is 24.3 Å². The second-order valence-corrected chi connectivity index (χ2v) is 7.04. The average molecular weight is 392 g/mol. The van der Waals surface area contributed by atoms with Crippen molar-refractivity contribution in [3.8, 4) is 11.5 Å². The molecule has 4 nitrogen and oxygen atoms in total. The maximum atomic E-state index is 13.4. The van der Waals surface area contributed by atoms with E-state index in [2.05, 4.69) is 4.74 Å². The summed E-state index contributed by atoms with van der Waals surface area (Å²) in [4.78, 5) is 2.00. The molecule has 0 aromatic heterocycles. The number of nitrogens with two attached hydrogens (primary N) is 1. The first-order valence-corrected chi connectivity index (χ1v) is 8.94. The summed E-state index contributed by atoms with van der Waals surface area (Å²) in [6.45, 7) is -1.91. The second-order valence-electron chi connectivity index (χ2n) is 7.04. The van der Waals surface area contributed by atoms with E-state index >= 15 is 0 Å². The lowest BCUT2D eigenvalue weighted by Crippen LogP contribution is -2.34. The van der Waals surface area contributed by atoms with Gasteiger partial charge in [0.2, 0.25) is 0 Å². The molecule has 150 valence electrons. The second kappa shape index (κ2) is 8.67. The third-order valence-corrected chi connectivity index (χ3v) is 4.44. The summed E-state index contributed by atoms with van der Waals surface area (Å²) < 4.78 is 49.1. The zero-order valence-electron chi connectivity index (χ0n) is 15.8. The minimum absolute atomic E-state index is 0.0378. The van der Waals surface area contributed by atoms with Gasteiger partial charge in [0.15, 0.2) is 0 Å². The van der Waals surface area contributed by atoms with Crippen LogP contribution in [-0.4, -0.2) is 44.8 Å². The van der Waals surface area contributed by atoms with Gasteiger partial charge in [0.05, 0.1) is 0 Å². The molecule has 1 heterocycles. The predicted octanol–water partition coefficient (Wildman–Crippen LogP) is 3.90. The number of hydrogen-bond acceptors (Lipinski definition) is 4. The quantitative estimate of drug-likeness (QED) is 0.776. The van der Waals surface area contributed by atoms with E-state index in [1.807, 2.05) is 19.0 Å². The number of likely N-dealkylation sites (N-methyl/N-ethyl adjacent to an activating group) is 1. The number of ether oxygens (including phenoxy) is 2. The van der Waals surface area contributed by atoms with Crippen molar-refractivity contribution < 1.29 is 22.6 Å². The summed E-state index contributed by atoms with van der Waals surface area (Å²) in [5.41, 5.74) is 9.42. The molecular weight excluding hydrogens is 369 g/mol. The molecule has 0 saturated heterocycles. The van der Waals surface area contributed by atoms with Gasteiger partial charge in [-0.25, -0.2) is 4.39 Å². The van der Waals surface area contributed by atoms with Crippen LogP contribution < -0.4 is 15.2 Å². The predicted molar refractivity (Wildman–Crippen MR) is 102 cm³/mol. The highest BCUT2D eigenvalue weighted by atomic mass is 19.3. The Balaban J connectivity index is 2.07. The Morgan fingerprint density at radius 2 is 1.86 bits per heavy atom. The molecule has 1 unspecified atom stereocenters. The van der Waals surface area contributed by atoms with Crippen molar-refractivity contribution in [1.29, 1.82) is 0 Å². The molecule has 1 atom stereocenters. The van der Waals surface area contributed by atoms with Crippen molar-refractivity contribution in [3.05, 3.63) is 65.0 Å². The first kappa shape index (κ1) is 20.2. The van der Waals surface area contributed by atoms with Crippen molar-refractivity contribution >= 4 is 5.57 Å². The van der Waals surface area contributed by atoms with Gasteiger partial charge < -0.3 is 20.1 Å². The van der Waals surface area contributed by atoms with Crippen LogP contribution in [0.2, 0.25) is 0 Å². The Morgan fingerprint density at radius 3 is 2.50 bits per heavy atom. The first-order valence-electron chi connectivity index (χ1n) is 8.94. The van der Waals surface area contributed by atoms with Gasteiger partial charge in [0.1, 0.15) is 23.9 Å². The van der Waals surface area contributed by atoms with Gasteiger partial charge in [-0.2, -0.15) is 8.78 Å². The molecule has 1 aliphatic heterocycles. The summed E-state index contributed by atoms with van der Waals surface area (Å²) in [7, 11) is 3.88. The van der Waals surface area contributed by atoms with Gasteiger partial charge in [-0.05, 0) is 67.6 Å². The highest BCUT2D eigenvalue weighted by molar-refractivity contribution is 5.86. The van der Waals surface area contributed by atoms with Crippen molar-refractivity contribution in [2.75, 3.05) is 27.2 Å². The maximum Gasteiger partial charge on any atom is 0.387 e. The number of rotatable bonds is 7. The van der Waals surface area contributed by atoms with Crippen LogP contribution >= 0.6 is 0 Å². The number of fused-ring (bicyclic) bond motifs is 1. The largest absolute Gasteiger partial charge is 0.489 e. The third-order valence-electron chi connectivity index (χ3n) is 4.44. The molecule has 7 heteroatoms. The van der Waals surface area contributed by atoms with E-state index in [4.69, 9.17) is 10.5 Å². The summed E-state index contributed by atoms with van der Waals surface area (Å²) in [6.07, 6.45) is 0.560. The van der Waals surface area contributed by atoms with Crippen LogP contribution in [-0.2, 0) is 0 Å². The molecule has 2 aromatic rings. The molecule has 2 aromatic carbocycles. The highest BCUT2D eigenvalue weighted by Gasteiger charge is 2.24. The number of alkyl halides is 2. The van der Waals surface area contributed by atoms with E-state index in [0.717, 1.165) is 16.7 Å². The molecular formula is C21H23F3N2O2. The minimum Gasteiger partial charge on any atom is -0.489 e. The van der Waals surface area contributed by atoms with Crippen molar-refractivity contribution in [2.45, 2.75) is 19.1 Å². The van der Waals surface area contributed by atoms with Crippen LogP contribution in [0.5, 0.6) is 11.5 Å². The summed E-state index contributed by atoms with van der Waals surface area (Å²) in [5, 5.41) is 0. The van der Waals surface area contributed by atoms with Crippen LogP contribution in [0.1, 0.15) is 17.5 Å². The molecule has 0 amide bonds. The summed E-state index contributed by atoms with van der Waals surface area (Å²) >= 11 is 0. The fraction of sp³-hybridized carbons (Fsp3) is 0.333. The van der Waals surface area contributed by atoms with E-state index in [0.29, 0.717) is 30.9 Å². The fourth-order valence-electron chi connectivity index (χ4n) is 3.42. The summed E-state index contributed by atoms with van der Waals surface area (Å²) in [6, 6.07) is 10.5. The van der Waals surface area contributed by atoms with Crippen molar-refractivity contribution in [2.24, 2.45) is 5.73 Å². The van der Waals surface area contributed by atoms with Gasteiger partial charge in [-0.15, -0.1) is 0 Å². The SMILES string of the molecule is CN(C)CC(N)CC1=C(c2ccc(F)cc2)c2cc(OC(F)F)ccc2OC1. The van der Waals surface area contributed by atoms with Gasteiger partial charge in [0, 0.05) is 18.2 Å². The molecule has 0 spiro atoms. The van der Waals surface area contributed by atoms with E-state index < -0.39 is 6.61 Å². The Bertz CT molecular complexity index is 851. The Hall–Kier alpha value is -2.51. The Morgan fingerprint density at radius 1 is 1.14 bits per heavy atom. The lowest BCUT2D eigenvalue weighted by Gasteiger charge is -2.27. The molecule has 0 saturated carbocycles. The molecule has 3 rings (SSSR count).